The first-order valence-corrected chi connectivity index (χ1v) is 8.89. The maximum atomic E-state index is 12.4. The summed E-state index contributed by atoms with van der Waals surface area (Å²) in [7, 11) is 3.68. The van der Waals surface area contributed by atoms with E-state index in [-0.39, 0.29) is 23.9 Å². The lowest BCUT2D eigenvalue weighted by atomic mass is 10.1. The molecule has 26 heavy (non-hydrogen) atoms. The van der Waals surface area contributed by atoms with Crippen LogP contribution in [0.1, 0.15) is 29.6 Å². The highest BCUT2D eigenvalue weighted by Gasteiger charge is 2.31. The Morgan fingerprint density at radius 2 is 1.92 bits per heavy atom. The molecular weight excluding hydrogens is 330 g/mol. The van der Waals surface area contributed by atoms with Gasteiger partial charge in [0.1, 0.15) is 0 Å². The van der Waals surface area contributed by atoms with Gasteiger partial charge in [-0.15, -0.1) is 0 Å². The highest BCUT2D eigenvalue weighted by Crippen LogP contribution is 2.24. The van der Waals surface area contributed by atoms with Crippen LogP contribution in [0.25, 0.3) is 11.3 Å². The molecule has 138 valence electrons. The Kier molecular flexibility index (Phi) is 5.68. The first kappa shape index (κ1) is 18.1. The van der Waals surface area contributed by atoms with Crippen molar-refractivity contribution < 1.29 is 9.59 Å². The fourth-order valence-electron chi connectivity index (χ4n) is 3.43. The number of hydrogen-bond acceptors (Lipinski definition) is 4. The lowest BCUT2D eigenvalue weighted by Gasteiger charge is -2.25. The van der Waals surface area contributed by atoms with E-state index in [0.717, 1.165) is 24.1 Å². The van der Waals surface area contributed by atoms with E-state index in [1.807, 2.05) is 37.4 Å². The normalized spacial score (nSPS) is 20.1. The second kappa shape index (κ2) is 8.14. The van der Waals surface area contributed by atoms with Gasteiger partial charge in [-0.05, 0) is 43.7 Å². The van der Waals surface area contributed by atoms with Gasteiger partial charge in [0, 0.05) is 43.9 Å². The van der Waals surface area contributed by atoms with Crippen molar-refractivity contribution in [2.75, 3.05) is 20.6 Å². The standard InChI is InChI=1S/C19H25N5O2/c1-20-18(25)11-15-7-8-16(24(15)2)12-21-19(26)14-5-3-13(4-6-14)17-9-10-22-23-17/h3-6,9-10,15-16H,7-8,11-12H2,1-2H3,(H,20,25)(H,21,26)(H,22,23)/t15-,16+/m1/s1. The molecule has 0 aliphatic carbocycles. The molecule has 0 bridgehead atoms. The summed E-state index contributed by atoms with van der Waals surface area (Å²) < 4.78 is 0. The number of aromatic nitrogens is 2. The maximum absolute atomic E-state index is 12.4. The monoisotopic (exact) mass is 355 g/mol. The van der Waals surface area contributed by atoms with E-state index >= 15 is 0 Å². The summed E-state index contributed by atoms with van der Waals surface area (Å²) in [6.45, 7) is 0.585. The van der Waals surface area contributed by atoms with Crippen LogP contribution in [-0.2, 0) is 4.79 Å². The average molecular weight is 355 g/mol. The fourth-order valence-corrected chi connectivity index (χ4v) is 3.43. The topological polar surface area (TPSA) is 90.1 Å². The number of rotatable bonds is 6. The van der Waals surface area contributed by atoms with Crippen LogP contribution < -0.4 is 10.6 Å². The van der Waals surface area contributed by atoms with Gasteiger partial charge in [0.25, 0.3) is 5.91 Å². The number of likely N-dealkylation sites (tertiary alicyclic amines) is 1. The van der Waals surface area contributed by atoms with Gasteiger partial charge in [0.05, 0.1) is 5.69 Å². The van der Waals surface area contributed by atoms with Gasteiger partial charge >= 0.3 is 0 Å². The minimum atomic E-state index is -0.0793. The number of aromatic amines is 1. The summed E-state index contributed by atoms with van der Waals surface area (Å²) in [5, 5.41) is 12.5. The molecule has 7 heteroatoms. The average Bonchev–Trinajstić information content (AvgIpc) is 3.31. The van der Waals surface area contributed by atoms with E-state index < -0.39 is 0 Å². The van der Waals surface area contributed by atoms with E-state index in [2.05, 4.69) is 25.7 Å². The zero-order valence-corrected chi connectivity index (χ0v) is 15.2. The van der Waals surface area contributed by atoms with Gasteiger partial charge in [0.15, 0.2) is 0 Å². The summed E-state index contributed by atoms with van der Waals surface area (Å²) in [4.78, 5) is 26.2. The van der Waals surface area contributed by atoms with Crippen LogP contribution in [0, 0.1) is 0 Å². The number of likely N-dealkylation sites (N-methyl/N-ethyl adjacent to an activating group) is 1. The van der Waals surface area contributed by atoms with Gasteiger partial charge in [-0.1, -0.05) is 12.1 Å². The molecule has 3 N–H and O–H groups in total. The summed E-state index contributed by atoms with van der Waals surface area (Å²) in [6.07, 6.45) is 4.17. The van der Waals surface area contributed by atoms with E-state index in [1.165, 1.54) is 0 Å². The molecule has 1 aromatic heterocycles. The van der Waals surface area contributed by atoms with Crippen molar-refractivity contribution >= 4 is 11.8 Å². The Hall–Kier alpha value is -2.67. The summed E-state index contributed by atoms with van der Waals surface area (Å²) in [5.41, 5.74) is 2.55. The predicted molar refractivity (Wildman–Crippen MR) is 99.6 cm³/mol. The fraction of sp³-hybridized carbons (Fsp3) is 0.421. The lowest BCUT2D eigenvalue weighted by Crippen LogP contribution is -2.42. The molecule has 1 saturated heterocycles. The second-order valence-corrected chi connectivity index (χ2v) is 6.69. The maximum Gasteiger partial charge on any atom is 0.251 e. The minimum Gasteiger partial charge on any atom is -0.359 e. The zero-order chi connectivity index (χ0) is 18.5. The van der Waals surface area contributed by atoms with Gasteiger partial charge < -0.3 is 10.6 Å². The molecule has 0 unspecified atom stereocenters. The van der Waals surface area contributed by atoms with Gasteiger partial charge in [-0.2, -0.15) is 5.10 Å². The molecule has 2 amide bonds. The third-order valence-corrected chi connectivity index (χ3v) is 5.14. The van der Waals surface area contributed by atoms with Crippen molar-refractivity contribution in [2.24, 2.45) is 0 Å². The first-order valence-electron chi connectivity index (χ1n) is 8.89. The van der Waals surface area contributed by atoms with Gasteiger partial charge in [-0.3, -0.25) is 19.6 Å². The van der Waals surface area contributed by atoms with Crippen LogP contribution in [0.5, 0.6) is 0 Å². The summed E-state index contributed by atoms with van der Waals surface area (Å²) >= 11 is 0. The first-order chi connectivity index (χ1) is 12.6. The van der Waals surface area contributed by atoms with Gasteiger partial charge in [-0.25, -0.2) is 0 Å². The zero-order valence-electron chi connectivity index (χ0n) is 15.2. The second-order valence-electron chi connectivity index (χ2n) is 6.69. The molecule has 2 atom stereocenters. The highest BCUT2D eigenvalue weighted by molar-refractivity contribution is 5.94. The molecule has 1 aromatic carbocycles. The number of hydrogen-bond donors (Lipinski definition) is 3. The van der Waals surface area contributed by atoms with Crippen molar-refractivity contribution in [3.05, 3.63) is 42.1 Å². The molecule has 7 nitrogen and oxygen atoms in total. The Morgan fingerprint density at radius 1 is 1.19 bits per heavy atom. The van der Waals surface area contributed by atoms with Crippen LogP contribution in [0.3, 0.4) is 0 Å². The Labute approximate surface area is 153 Å². The quantitative estimate of drug-likeness (QED) is 0.731. The third-order valence-electron chi connectivity index (χ3n) is 5.14. The summed E-state index contributed by atoms with van der Waals surface area (Å²) in [6, 6.07) is 9.84. The molecule has 0 spiro atoms. The molecule has 1 aliphatic heterocycles. The summed E-state index contributed by atoms with van der Waals surface area (Å²) in [5.74, 6) is -0.0202. The van der Waals surface area contributed by atoms with Crippen LogP contribution >= 0.6 is 0 Å². The number of nitrogens with one attached hydrogen (secondary N) is 3. The van der Waals surface area contributed by atoms with E-state index in [0.29, 0.717) is 18.5 Å². The van der Waals surface area contributed by atoms with Crippen LogP contribution in [0.4, 0.5) is 0 Å². The number of amides is 2. The van der Waals surface area contributed by atoms with Gasteiger partial charge in [0.2, 0.25) is 5.91 Å². The molecule has 2 aromatic rings. The van der Waals surface area contributed by atoms with Crippen molar-refractivity contribution in [1.29, 1.82) is 0 Å². The van der Waals surface area contributed by atoms with Crippen molar-refractivity contribution in [1.82, 2.24) is 25.7 Å². The Balaban J connectivity index is 1.52. The number of H-pyrrole nitrogens is 1. The molecule has 3 rings (SSSR count). The Morgan fingerprint density at radius 3 is 2.58 bits per heavy atom. The molecule has 1 aliphatic rings. The molecular formula is C19H25N5O2. The number of nitrogens with zero attached hydrogens (tertiary/aromatic N) is 2. The highest BCUT2D eigenvalue weighted by atomic mass is 16.2. The molecule has 2 heterocycles. The number of carbonyl (C=O) groups is 2. The van der Waals surface area contributed by atoms with E-state index in [4.69, 9.17) is 0 Å². The van der Waals surface area contributed by atoms with Crippen molar-refractivity contribution in [2.45, 2.75) is 31.3 Å². The lowest BCUT2D eigenvalue weighted by molar-refractivity contribution is -0.121. The smallest absolute Gasteiger partial charge is 0.251 e. The van der Waals surface area contributed by atoms with Crippen molar-refractivity contribution in [3.63, 3.8) is 0 Å². The van der Waals surface area contributed by atoms with Crippen molar-refractivity contribution in [3.8, 4) is 11.3 Å². The van der Waals surface area contributed by atoms with Crippen LogP contribution in [0.15, 0.2) is 36.5 Å². The molecule has 0 radical (unpaired) electrons. The largest absolute Gasteiger partial charge is 0.359 e. The van der Waals surface area contributed by atoms with Crippen LogP contribution in [-0.4, -0.2) is 59.6 Å². The molecule has 1 fully saturated rings. The third kappa shape index (κ3) is 4.11. The Bertz CT molecular complexity index is 742. The van der Waals surface area contributed by atoms with E-state index in [1.54, 1.807) is 13.2 Å². The van der Waals surface area contributed by atoms with Crippen LogP contribution in [0.2, 0.25) is 0 Å². The number of carbonyl (C=O) groups excluding carboxylic acids is 2. The predicted octanol–water partition coefficient (Wildman–Crippen LogP) is 1.41. The SMILES string of the molecule is CNC(=O)C[C@H]1CC[C@@H](CNC(=O)c2ccc(-c3ccn[nH]3)cc2)N1C. The minimum absolute atomic E-state index is 0.0592. The molecule has 0 saturated carbocycles. The number of benzene rings is 1. The van der Waals surface area contributed by atoms with E-state index in [9.17, 15) is 9.59 Å².